The first-order valence-electron chi connectivity index (χ1n) is 6.95. The molecule has 0 radical (unpaired) electrons. The second-order valence-corrected chi connectivity index (χ2v) is 8.08. The van der Waals surface area contributed by atoms with Crippen molar-refractivity contribution in [3.05, 3.63) is 57.6 Å². The lowest BCUT2D eigenvalue weighted by Gasteiger charge is -2.24. The molecule has 24 heavy (non-hydrogen) atoms. The van der Waals surface area contributed by atoms with Gasteiger partial charge in [-0.15, -0.1) is 0 Å². The van der Waals surface area contributed by atoms with Gasteiger partial charge in [0.25, 0.3) is 10.0 Å². The van der Waals surface area contributed by atoms with Crippen molar-refractivity contribution in [3.8, 4) is 0 Å². The van der Waals surface area contributed by atoms with Gasteiger partial charge in [0, 0.05) is 0 Å². The molecule has 5 nitrogen and oxygen atoms in total. The standard InChI is InChI=1S/C16H16Cl2N2O3S/c1-10-5-11(2)7-12(6-10)20(9-16(19)21)24(22,23)13-3-4-14(17)15(18)8-13/h3-8H,9H2,1-2H3,(H2,19,21). The van der Waals surface area contributed by atoms with Gasteiger partial charge < -0.3 is 5.73 Å². The van der Waals surface area contributed by atoms with Crippen molar-refractivity contribution in [2.24, 2.45) is 5.73 Å². The minimum atomic E-state index is -4.03. The van der Waals surface area contributed by atoms with Crippen LogP contribution in [0.4, 0.5) is 5.69 Å². The minimum Gasteiger partial charge on any atom is -0.368 e. The molecule has 128 valence electrons. The highest BCUT2D eigenvalue weighted by Crippen LogP contribution is 2.29. The summed E-state index contributed by atoms with van der Waals surface area (Å²) in [6.07, 6.45) is 0. The summed E-state index contributed by atoms with van der Waals surface area (Å²) in [5.74, 6) is -0.766. The maximum absolute atomic E-state index is 13.0. The molecule has 0 saturated heterocycles. The highest BCUT2D eigenvalue weighted by molar-refractivity contribution is 7.92. The molecule has 8 heteroatoms. The maximum atomic E-state index is 13.0. The van der Waals surface area contributed by atoms with E-state index < -0.39 is 22.5 Å². The summed E-state index contributed by atoms with van der Waals surface area (Å²) in [6.45, 7) is 3.20. The van der Waals surface area contributed by atoms with E-state index in [1.54, 1.807) is 12.1 Å². The van der Waals surface area contributed by atoms with E-state index in [0.717, 1.165) is 15.4 Å². The highest BCUT2D eigenvalue weighted by Gasteiger charge is 2.27. The Hall–Kier alpha value is -1.76. The van der Waals surface area contributed by atoms with Gasteiger partial charge in [-0.05, 0) is 55.3 Å². The summed E-state index contributed by atoms with van der Waals surface area (Å²) in [6, 6.07) is 9.21. The van der Waals surface area contributed by atoms with Crippen LogP contribution >= 0.6 is 23.2 Å². The number of amides is 1. The zero-order valence-electron chi connectivity index (χ0n) is 13.1. The van der Waals surface area contributed by atoms with Crippen LogP contribution in [0.15, 0.2) is 41.3 Å². The summed E-state index contributed by atoms with van der Waals surface area (Å²) in [5, 5.41) is 0.348. The number of primary amides is 1. The largest absolute Gasteiger partial charge is 0.368 e. The van der Waals surface area contributed by atoms with Crippen LogP contribution in [-0.4, -0.2) is 20.9 Å². The van der Waals surface area contributed by atoms with Crippen LogP contribution in [0.25, 0.3) is 0 Å². The first-order valence-corrected chi connectivity index (χ1v) is 9.15. The van der Waals surface area contributed by atoms with Gasteiger partial charge in [-0.25, -0.2) is 8.42 Å². The molecule has 1 amide bonds. The van der Waals surface area contributed by atoms with Gasteiger partial charge in [-0.2, -0.15) is 0 Å². The van der Waals surface area contributed by atoms with Gasteiger partial charge in [0.1, 0.15) is 6.54 Å². The number of carbonyl (C=O) groups is 1. The van der Waals surface area contributed by atoms with Crippen LogP contribution in [0.3, 0.4) is 0 Å². The van der Waals surface area contributed by atoms with Crippen molar-refractivity contribution in [1.82, 2.24) is 0 Å². The maximum Gasteiger partial charge on any atom is 0.264 e. The smallest absolute Gasteiger partial charge is 0.264 e. The molecule has 0 fully saturated rings. The third kappa shape index (κ3) is 4.01. The molecule has 2 N–H and O–H groups in total. The predicted molar refractivity (Wildman–Crippen MR) is 96.1 cm³/mol. The molecule has 0 atom stereocenters. The van der Waals surface area contributed by atoms with E-state index >= 15 is 0 Å². The summed E-state index contributed by atoms with van der Waals surface area (Å²) < 4.78 is 26.9. The highest BCUT2D eigenvalue weighted by atomic mass is 35.5. The summed E-state index contributed by atoms with van der Waals surface area (Å²) in [5.41, 5.74) is 7.33. The Bertz CT molecular complexity index is 878. The molecular weight excluding hydrogens is 371 g/mol. The van der Waals surface area contributed by atoms with Gasteiger partial charge in [-0.3, -0.25) is 9.10 Å². The fraction of sp³-hybridized carbons (Fsp3) is 0.188. The van der Waals surface area contributed by atoms with Crippen molar-refractivity contribution in [2.45, 2.75) is 18.7 Å². The van der Waals surface area contributed by atoms with Gasteiger partial charge >= 0.3 is 0 Å². The minimum absolute atomic E-state index is 0.0719. The Kier molecular flexibility index (Phi) is 5.42. The number of rotatable bonds is 5. The Morgan fingerprint density at radius 2 is 1.62 bits per heavy atom. The number of carbonyl (C=O) groups excluding carboxylic acids is 1. The van der Waals surface area contributed by atoms with E-state index in [9.17, 15) is 13.2 Å². The number of nitrogens with two attached hydrogens (primary N) is 1. The molecule has 0 aliphatic rings. The molecular formula is C16H16Cl2N2O3S. The average Bonchev–Trinajstić information content (AvgIpc) is 2.46. The Balaban J connectivity index is 2.61. The lowest BCUT2D eigenvalue weighted by molar-refractivity contribution is -0.116. The number of nitrogens with zero attached hydrogens (tertiary/aromatic N) is 1. The molecule has 0 heterocycles. The molecule has 0 saturated carbocycles. The molecule has 0 bridgehead atoms. The number of benzene rings is 2. The quantitative estimate of drug-likeness (QED) is 0.855. The van der Waals surface area contributed by atoms with E-state index in [2.05, 4.69) is 0 Å². The van der Waals surface area contributed by atoms with E-state index in [4.69, 9.17) is 28.9 Å². The molecule has 0 aromatic heterocycles. The SMILES string of the molecule is Cc1cc(C)cc(N(CC(N)=O)S(=O)(=O)c2ccc(Cl)c(Cl)c2)c1. The van der Waals surface area contributed by atoms with Crippen molar-refractivity contribution in [2.75, 3.05) is 10.8 Å². The molecule has 0 unspecified atom stereocenters. The number of hydrogen-bond acceptors (Lipinski definition) is 3. The van der Waals surface area contributed by atoms with Crippen LogP contribution in [-0.2, 0) is 14.8 Å². The average molecular weight is 387 g/mol. The van der Waals surface area contributed by atoms with Gasteiger partial charge in [0.15, 0.2) is 0 Å². The zero-order chi connectivity index (χ0) is 18.1. The Morgan fingerprint density at radius 3 is 2.12 bits per heavy atom. The first kappa shape index (κ1) is 18.6. The monoisotopic (exact) mass is 386 g/mol. The zero-order valence-corrected chi connectivity index (χ0v) is 15.4. The Labute approximate surface area is 151 Å². The summed E-state index contributed by atoms with van der Waals surface area (Å²) in [4.78, 5) is 11.3. The van der Waals surface area contributed by atoms with E-state index in [-0.39, 0.29) is 14.9 Å². The van der Waals surface area contributed by atoms with Gasteiger partial charge in [-0.1, -0.05) is 29.3 Å². The van der Waals surface area contributed by atoms with Crippen LogP contribution in [0.2, 0.25) is 10.0 Å². The van der Waals surface area contributed by atoms with Crippen molar-refractivity contribution in [1.29, 1.82) is 0 Å². The number of halogens is 2. The van der Waals surface area contributed by atoms with E-state index in [1.165, 1.54) is 18.2 Å². The summed E-state index contributed by atoms with van der Waals surface area (Å²) >= 11 is 11.8. The molecule has 0 aliphatic heterocycles. The fourth-order valence-electron chi connectivity index (χ4n) is 2.32. The second-order valence-electron chi connectivity index (χ2n) is 5.40. The van der Waals surface area contributed by atoms with Crippen LogP contribution in [0.1, 0.15) is 11.1 Å². The number of sulfonamides is 1. The molecule has 2 rings (SSSR count). The second kappa shape index (κ2) is 7.01. The molecule has 2 aromatic rings. The molecule has 0 aliphatic carbocycles. The lowest BCUT2D eigenvalue weighted by Crippen LogP contribution is -2.38. The number of hydrogen-bond donors (Lipinski definition) is 1. The fourth-order valence-corrected chi connectivity index (χ4v) is 4.12. The van der Waals surface area contributed by atoms with E-state index in [0.29, 0.717) is 5.69 Å². The van der Waals surface area contributed by atoms with Crippen LogP contribution < -0.4 is 10.0 Å². The van der Waals surface area contributed by atoms with Crippen LogP contribution in [0, 0.1) is 13.8 Å². The lowest BCUT2D eigenvalue weighted by atomic mass is 10.1. The first-order chi connectivity index (χ1) is 11.1. The number of anilines is 1. The molecule has 0 spiro atoms. The van der Waals surface area contributed by atoms with Crippen LogP contribution in [0.5, 0.6) is 0 Å². The number of aryl methyl sites for hydroxylation is 2. The van der Waals surface area contributed by atoms with E-state index in [1.807, 2.05) is 19.9 Å². The normalized spacial score (nSPS) is 11.3. The third-order valence-electron chi connectivity index (χ3n) is 3.27. The van der Waals surface area contributed by atoms with Crippen molar-refractivity contribution < 1.29 is 13.2 Å². The Morgan fingerprint density at radius 1 is 1.04 bits per heavy atom. The topological polar surface area (TPSA) is 80.5 Å². The summed E-state index contributed by atoms with van der Waals surface area (Å²) in [7, 11) is -4.03. The van der Waals surface area contributed by atoms with Gasteiger partial charge in [0.05, 0.1) is 20.6 Å². The molecule has 2 aromatic carbocycles. The third-order valence-corrected chi connectivity index (χ3v) is 5.78. The predicted octanol–water partition coefficient (Wildman–Crippen LogP) is 3.29. The van der Waals surface area contributed by atoms with Crippen molar-refractivity contribution in [3.63, 3.8) is 0 Å². The van der Waals surface area contributed by atoms with Crippen molar-refractivity contribution >= 4 is 44.8 Å². The van der Waals surface area contributed by atoms with Gasteiger partial charge in [0.2, 0.25) is 5.91 Å².